The van der Waals surface area contributed by atoms with Crippen LogP contribution in [0.3, 0.4) is 0 Å². The zero-order chi connectivity index (χ0) is 22.1. The van der Waals surface area contributed by atoms with Gasteiger partial charge >= 0.3 is 0 Å². The van der Waals surface area contributed by atoms with Crippen molar-refractivity contribution in [3.05, 3.63) is 33.9 Å². The molecule has 0 unspecified atom stereocenters. The number of nitrogens with zero attached hydrogens (tertiary/aromatic N) is 8. The molecule has 3 heterocycles. The molecule has 10 nitrogen and oxygen atoms in total. The molecule has 12 heteroatoms. The van der Waals surface area contributed by atoms with Crippen molar-refractivity contribution in [3.8, 4) is 17.3 Å². The molecule has 0 radical (unpaired) electrons. The molecule has 31 heavy (non-hydrogen) atoms. The fourth-order valence-electron chi connectivity index (χ4n) is 3.54. The Hall–Kier alpha value is -2.85. The van der Waals surface area contributed by atoms with E-state index in [1.54, 1.807) is 18.8 Å². The largest absolute Gasteiger partial charge is 0.495 e. The van der Waals surface area contributed by atoms with Crippen LogP contribution in [-0.4, -0.2) is 74.1 Å². The molecule has 0 N–H and O–H groups in total. The van der Waals surface area contributed by atoms with Crippen molar-refractivity contribution >= 4 is 34.8 Å². The van der Waals surface area contributed by atoms with Crippen LogP contribution in [0, 0.1) is 6.92 Å². The predicted octanol–water partition coefficient (Wildman–Crippen LogP) is 2.05. The highest BCUT2D eigenvalue weighted by atomic mass is 35.5. The molecule has 164 valence electrons. The van der Waals surface area contributed by atoms with Crippen LogP contribution in [0.25, 0.3) is 11.5 Å². The molecule has 0 bridgehead atoms. The van der Waals surface area contributed by atoms with E-state index in [1.165, 1.54) is 4.68 Å². The predicted molar refractivity (Wildman–Crippen MR) is 117 cm³/mol. The van der Waals surface area contributed by atoms with E-state index in [0.717, 1.165) is 5.69 Å². The van der Waals surface area contributed by atoms with E-state index >= 15 is 0 Å². The standard InChI is InChI=1S/C19H22Cl2N8O2/c1-12-17(21)18(19-22-24-25-26(19)2)23-29(12)11-16(30)28-8-6-27(7-9-28)13-4-5-14(20)15(10-13)31-3/h4-5,10H,6-9,11H2,1-3H3. The third kappa shape index (κ3) is 4.17. The van der Waals surface area contributed by atoms with Gasteiger partial charge in [-0.3, -0.25) is 9.48 Å². The highest BCUT2D eigenvalue weighted by molar-refractivity contribution is 6.33. The van der Waals surface area contributed by atoms with Crippen molar-refractivity contribution in [2.24, 2.45) is 7.05 Å². The zero-order valence-electron chi connectivity index (χ0n) is 17.4. The number of amides is 1. The van der Waals surface area contributed by atoms with Gasteiger partial charge in [0.2, 0.25) is 11.7 Å². The lowest BCUT2D eigenvalue weighted by atomic mass is 10.2. The van der Waals surface area contributed by atoms with Crippen LogP contribution >= 0.6 is 23.2 Å². The Morgan fingerprint density at radius 2 is 1.94 bits per heavy atom. The maximum Gasteiger partial charge on any atom is 0.244 e. The zero-order valence-corrected chi connectivity index (χ0v) is 18.9. The number of hydrogen-bond acceptors (Lipinski definition) is 7. The number of benzene rings is 1. The lowest BCUT2D eigenvalue weighted by Crippen LogP contribution is -2.49. The highest BCUT2D eigenvalue weighted by Crippen LogP contribution is 2.30. The van der Waals surface area contributed by atoms with E-state index in [2.05, 4.69) is 25.5 Å². The van der Waals surface area contributed by atoms with Crippen LogP contribution in [-0.2, 0) is 18.4 Å². The van der Waals surface area contributed by atoms with Gasteiger partial charge in [0, 0.05) is 45.0 Å². The molecule has 0 atom stereocenters. The summed E-state index contributed by atoms with van der Waals surface area (Å²) in [4.78, 5) is 16.9. The lowest BCUT2D eigenvalue weighted by Gasteiger charge is -2.36. The van der Waals surface area contributed by atoms with Gasteiger partial charge < -0.3 is 14.5 Å². The molecular weight excluding hydrogens is 443 g/mol. The van der Waals surface area contributed by atoms with Gasteiger partial charge in [0.25, 0.3) is 0 Å². The van der Waals surface area contributed by atoms with Gasteiger partial charge in [-0.15, -0.1) is 5.10 Å². The maximum absolute atomic E-state index is 12.9. The number of aromatic nitrogens is 6. The van der Waals surface area contributed by atoms with E-state index < -0.39 is 0 Å². The van der Waals surface area contributed by atoms with Gasteiger partial charge in [-0.2, -0.15) is 5.10 Å². The molecule has 0 saturated carbocycles. The Bertz CT molecular complexity index is 1100. The number of rotatable bonds is 5. The molecule has 1 fully saturated rings. The van der Waals surface area contributed by atoms with Crippen LogP contribution in [0.5, 0.6) is 5.75 Å². The normalized spacial score (nSPS) is 14.2. The Morgan fingerprint density at radius 3 is 2.58 bits per heavy atom. The van der Waals surface area contributed by atoms with Crippen molar-refractivity contribution in [3.63, 3.8) is 0 Å². The number of tetrazole rings is 1. The first-order chi connectivity index (χ1) is 14.9. The van der Waals surface area contributed by atoms with E-state index in [1.807, 2.05) is 30.0 Å². The number of ether oxygens (including phenoxy) is 1. The number of halogens is 2. The topological polar surface area (TPSA) is 94.2 Å². The molecule has 0 spiro atoms. The fraction of sp³-hybridized carbons (Fsp3) is 0.421. The van der Waals surface area contributed by atoms with Gasteiger partial charge in [-0.25, -0.2) is 4.68 Å². The lowest BCUT2D eigenvalue weighted by molar-refractivity contribution is -0.132. The Morgan fingerprint density at radius 1 is 1.19 bits per heavy atom. The van der Waals surface area contributed by atoms with Gasteiger partial charge in [0.15, 0.2) is 5.69 Å². The molecule has 1 aromatic carbocycles. The Balaban J connectivity index is 1.41. The van der Waals surface area contributed by atoms with Crippen LogP contribution in [0.15, 0.2) is 18.2 Å². The van der Waals surface area contributed by atoms with Crippen molar-refractivity contribution in [1.82, 2.24) is 34.9 Å². The second-order valence-electron chi connectivity index (χ2n) is 7.22. The number of carbonyl (C=O) groups excluding carboxylic acids is 1. The van der Waals surface area contributed by atoms with Crippen LogP contribution in [0.1, 0.15) is 5.69 Å². The molecule has 4 rings (SSSR count). The highest BCUT2D eigenvalue weighted by Gasteiger charge is 2.25. The molecule has 1 aliphatic rings. The summed E-state index contributed by atoms with van der Waals surface area (Å²) >= 11 is 12.5. The van der Waals surface area contributed by atoms with E-state index in [0.29, 0.717) is 59.2 Å². The average Bonchev–Trinajstić information content (AvgIpc) is 3.32. The van der Waals surface area contributed by atoms with E-state index in [-0.39, 0.29) is 12.5 Å². The summed E-state index contributed by atoms with van der Waals surface area (Å²) in [5.41, 5.74) is 2.17. The van der Waals surface area contributed by atoms with Crippen LogP contribution < -0.4 is 9.64 Å². The van der Waals surface area contributed by atoms with E-state index in [9.17, 15) is 4.79 Å². The summed E-state index contributed by atoms with van der Waals surface area (Å²) < 4.78 is 8.39. The average molecular weight is 465 g/mol. The second-order valence-corrected chi connectivity index (χ2v) is 8.00. The minimum atomic E-state index is -0.0155. The number of piperazine rings is 1. The minimum absolute atomic E-state index is 0.0155. The third-order valence-corrected chi connectivity index (χ3v) is 6.15. The van der Waals surface area contributed by atoms with Crippen molar-refractivity contribution in [2.75, 3.05) is 38.2 Å². The van der Waals surface area contributed by atoms with Crippen molar-refractivity contribution in [1.29, 1.82) is 0 Å². The monoisotopic (exact) mass is 464 g/mol. The number of carbonyl (C=O) groups is 1. The first kappa shape index (κ1) is 21.4. The Kier molecular flexibility index (Phi) is 6.01. The first-order valence-corrected chi connectivity index (χ1v) is 10.5. The molecule has 1 amide bonds. The van der Waals surface area contributed by atoms with Gasteiger partial charge in [0.1, 0.15) is 12.3 Å². The summed E-state index contributed by atoms with van der Waals surface area (Å²) in [5.74, 6) is 1.07. The number of methoxy groups -OCH3 is 1. The van der Waals surface area contributed by atoms with Crippen LogP contribution in [0.2, 0.25) is 10.0 Å². The van der Waals surface area contributed by atoms with Gasteiger partial charge in [0.05, 0.1) is 22.8 Å². The summed E-state index contributed by atoms with van der Waals surface area (Å²) in [5, 5.41) is 16.9. The van der Waals surface area contributed by atoms with E-state index in [4.69, 9.17) is 27.9 Å². The third-order valence-electron chi connectivity index (χ3n) is 5.38. The smallest absolute Gasteiger partial charge is 0.244 e. The van der Waals surface area contributed by atoms with Gasteiger partial charge in [-0.1, -0.05) is 23.2 Å². The number of hydrogen-bond donors (Lipinski definition) is 0. The summed E-state index contributed by atoms with van der Waals surface area (Å²) in [6.07, 6.45) is 0. The van der Waals surface area contributed by atoms with Crippen molar-refractivity contribution < 1.29 is 9.53 Å². The SMILES string of the molecule is COc1cc(N2CCN(C(=O)Cn3nc(-c4nnnn4C)c(Cl)c3C)CC2)ccc1Cl. The molecule has 2 aromatic heterocycles. The first-order valence-electron chi connectivity index (χ1n) is 9.71. The minimum Gasteiger partial charge on any atom is -0.495 e. The summed E-state index contributed by atoms with van der Waals surface area (Å²) in [7, 11) is 3.30. The second kappa shape index (κ2) is 8.72. The molecular formula is C19H22Cl2N8O2. The summed E-state index contributed by atoms with van der Waals surface area (Å²) in [6.45, 7) is 4.57. The maximum atomic E-state index is 12.9. The fourth-order valence-corrected chi connectivity index (χ4v) is 3.95. The Labute approximate surface area is 189 Å². The van der Waals surface area contributed by atoms with Crippen molar-refractivity contribution in [2.45, 2.75) is 13.5 Å². The van der Waals surface area contributed by atoms with Gasteiger partial charge in [-0.05, 0) is 29.5 Å². The molecule has 1 aliphatic heterocycles. The molecule has 1 saturated heterocycles. The summed E-state index contributed by atoms with van der Waals surface area (Å²) in [6, 6.07) is 5.69. The number of aryl methyl sites for hydroxylation is 1. The quantitative estimate of drug-likeness (QED) is 0.569. The molecule has 3 aromatic rings. The van der Waals surface area contributed by atoms with Crippen LogP contribution in [0.4, 0.5) is 5.69 Å². The molecule has 0 aliphatic carbocycles. The number of anilines is 1.